The lowest BCUT2D eigenvalue weighted by Crippen LogP contribution is -2.09. The molecule has 0 aliphatic heterocycles. The molecular weight excluding hydrogens is 132 g/mol. The molecule has 0 bridgehead atoms. The van der Waals surface area contributed by atoms with Crippen LogP contribution in [-0.2, 0) is 0 Å². The van der Waals surface area contributed by atoms with Gasteiger partial charge in [0.1, 0.15) is 0 Å². The highest BCUT2D eigenvalue weighted by atomic mass is 14.2. The Kier molecular flexibility index (Phi) is 3.68. The maximum atomic E-state index is 2.42. The summed E-state index contributed by atoms with van der Waals surface area (Å²) >= 11 is 0. The third-order valence-corrected chi connectivity index (χ3v) is 2.70. The highest BCUT2D eigenvalue weighted by molar-refractivity contribution is 4.89. The molecular formula is C11H20. The Morgan fingerprint density at radius 3 is 2.36 bits per heavy atom. The smallest absolute Gasteiger partial charge is 0.0233 e. The first kappa shape index (κ1) is 8.83. The minimum absolute atomic E-state index is 0.908. The van der Waals surface area contributed by atoms with Crippen molar-refractivity contribution >= 4 is 0 Å². The van der Waals surface area contributed by atoms with Crippen LogP contribution < -0.4 is 0 Å². The lowest BCUT2D eigenvalue weighted by atomic mass is 9.83. The highest BCUT2D eigenvalue weighted by Gasteiger charge is 2.14. The summed E-state index contributed by atoms with van der Waals surface area (Å²) < 4.78 is 0. The summed E-state index contributed by atoms with van der Waals surface area (Å²) in [4.78, 5) is 0. The fraction of sp³-hybridized carbons (Fsp3) is 0.818. The lowest BCUT2D eigenvalue weighted by molar-refractivity contribution is 0.330. The van der Waals surface area contributed by atoms with Gasteiger partial charge in [0.2, 0.25) is 0 Å². The molecule has 0 aromatic heterocycles. The minimum atomic E-state index is 0.908. The van der Waals surface area contributed by atoms with Gasteiger partial charge in [0, 0.05) is 0 Å². The summed E-state index contributed by atoms with van der Waals surface area (Å²) in [6, 6.07) is 0. The van der Waals surface area contributed by atoms with Gasteiger partial charge in [-0.2, -0.15) is 0 Å². The van der Waals surface area contributed by atoms with E-state index >= 15 is 0 Å². The zero-order chi connectivity index (χ0) is 8.10. The van der Waals surface area contributed by atoms with Gasteiger partial charge in [-0.15, -0.1) is 0 Å². The minimum Gasteiger partial charge on any atom is -0.0885 e. The van der Waals surface area contributed by atoms with E-state index in [-0.39, 0.29) is 0 Å². The molecule has 0 saturated heterocycles. The third-order valence-electron chi connectivity index (χ3n) is 2.70. The van der Waals surface area contributed by atoms with Crippen LogP contribution in [0, 0.1) is 11.8 Å². The van der Waals surface area contributed by atoms with Gasteiger partial charge in [0.05, 0.1) is 0 Å². The van der Waals surface area contributed by atoms with Crippen LogP contribution in [0.4, 0.5) is 0 Å². The average molecular weight is 152 g/mol. The van der Waals surface area contributed by atoms with Crippen molar-refractivity contribution in [2.45, 2.75) is 46.0 Å². The molecule has 0 nitrogen and oxygen atoms in total. The van der Waals surface area contributed by atoms with Crippen molar-refractivity contribution in [3.05, 3.63) is 12.2 Å². The maximum Gasteiger partial charge on any atom is -0.0233 e. The summed E-state index contributed by atoms with van der Waals surface area (Å²) in [5.74, 6) is 1.90. The van der Waals surface area contributed by atoms with Crippen molar-refractivity contribution in [3.8, 4) is 0 Å². The van der Waals surface area contributed by atoms with Crippen LogP contribution in [0.3, 0.4) is 0 Å². The monoisotopic (exact) mass is 152 g/mol. The van der Waals surface area contributed by atoms with Gasteiger partial charge in [-0.3, -0.25) is 0 Å². The van der Waals surface area contributed by atoms with Crippen LogP contribution in [0.2, 0.25) is 0 Å². The lowest BCUT2D eigenvalue weighted by Gasteiger charge is -2.23. The molecule has 0 amide bonds. The Hall–Kier alpha value is -0.260. The van der Waals surface area contributed by atoms with Gasteiger partial charge in [0.15, 0.2) is 0 Å². The van der Waals surface area contributed by atoms with Crippen molar-refractivity contribution in [1.29, 1.82) is 0 Å². The Labute approximate surface area is 70.7 Å². The SMILES string of the molecule is CC/C=C/C1CCC(C)CC1. The molecule has 1 saturated carbocycles. The first-order valence-corrected chi connectivity index (χ1v) is 4.99. The molecule has 0 unspecified atom stereocenters. The Morgan fingerprint density at radius 2 is 1.82 bits per heavy atom. The second-order valence-electron chi connectivity index (χ2n) is 3.86. The Balaban J connectivity index is 2.22. The predicted octanol–water partition coefficient (Wildman–Crippen LogP) is 3.78. The number of allylic oxidation sites excluding steroid dienone is 2. The summed E-state index contributed by atoms with van der Waals surface area (Å²) in [6.07, 6.45) is 11.7. The van der Waals surface area contributed by atoms with E-state index in [1.807, 2.05) is 0 Å². The van der Waals surface area contributed by atoms with Crippen molar-refractivity contribution in [2.24, 2.45) is 11.8 Å². The number of hydrogen-bond donors (Lipinski definition) is 0. The molecule has 0 radical (unpaired) electrons. The standard InChI is InChI=1S/C11H20/c1-3-4-5-11-8-6-10(2)7-9-11/h4-5,10-11H,3,6-9H2,1-2H3/b5-4+. The van der Waals surface area contributed by atoms with Crippen molar-refractivity contribution in [3.63, 3.8) is 0 Å². The third kappa shape index (κ3) is 3.09. The van der Waals surface area contributed by atoms with Crippen LogP contribution in [0.25, 0.3) is 0 Å². The van der Waals surface area contributed by atoms with Gasteiger partial charge in [0.25, 0.3) is 0 Å². The molecule has 1 rings (SSSR count). The van der Waals surface area contributed by atoms with Crippen molar-refractivity contribution in [1.82, 2.24) is 0 Å². The average Bonchev–Trinajstić information content (AvgIpc) is 2.04. The van der Waals surface area contributed by atoms with Crippen LogP contribution in [0.5, 0.6) is 0 Å². The molecule has 1 aliphatic carbocycles. The maximum absolute atomic E-state index is 2.42. The normalized spacial score (nSPS) is 32.9. The molecule has 0 heterocycles. The quantitative estimate of drug-likeness (QED) is 0.528. The molecule has 0 heteroatoms. The van der Waals surface area contributed by atoms with E-state index in [2.05, 4.69) is 26.0 Å². The van der Waals surface area contributed by atoms with Gasteiger partial charge in [-0.1, -0.05) is 38.8 Å². The summed E-state index contributed by atoms with van der Waals surface area (Å²) in [7, 11) is 0. The van der Waals surface area contributed by atoms with E-state index in [9.17, 15) is 0 Å². The van der Waals surface area contributed by atoms with Crippen LogP contribution in [-0.4, -0.2) is 0 Å². The first-order valence-electron chi connectivity index (χ1n) is 4.99. The van der Waals surface area contributed by atoms with Crippen LogP contribution >= 0.6 is 0 Å². The second-order valence-corrected chi connectivity index (χ2v) is 3.86. The molecule has 0 aromatic rings. The fourth-order valence-corrected chi connectivity index (χ4v) is 1.81. The first-order chi connectivity index (χ1) is 5.33. The second kappa shape index (κ2) is 4.58. The molecule has 0 atom stereocenters. The van der Waals surface area contributed by atoms with Gasteiger partial charge < -0.3 is 0 Å². The van der Waals surface area contributed by atoms with Crippen molar-refractivity contribution in [2.75, 3.05) is 0 Å². The van der Waals surface area contributed by atoms with Crippen molar-refractivity contribution < 1.29 is 0 Å². The largest absolute Gasteiger partial charge is 0.0885 e. The zero-order valence-electron chi connectivity index (χ0n) is 7.84. The fourth-order valence-electron chi connectivity index (χ4n) is 1.81. The van der Waals surface area contributed by atoms with E-state index in [0.29, 0.717) is 0 Å². The van der Waals surface area contributed by atoms with E-state index in [1.54, 1.807) is 0 Å². The molecule has 0 N–H and O–H groups in total. The van der Waals surface area contributed by atoms with E-state index < -0.39 is 0 Å². The summed E-state index contributed by atoms with van der Waals surface area (Å²) in [5.41, 5.74) is 0. The highest BCUT2D eigenvalue weighted by Crippen LogP contribution is 2.28. The van der Waals surface area contributed by atoms with E-state index in [4.69, 9.17) is 0 Å². The van der Waals surface area contributed by atoms with E-state index in [0.717, 1.165) is 11.8 Å². The van der Waals surface area contributed by atoms with Gasteiger partial charge in [-0.25, -0.2) is 0 Å². The van der Waals surface area contributed by atoms with Gasteiger partial charge in [-0.05, 0) is 31.1 Å². The summed E-state index contributed by atoms with van der Waals surface area (Å²) in [6.45, 7) is 4.59. The Bertz CT molecular complexity index is 116. The topological polar surface area (TPSA) is 0 Å². The molecule has 11 heavy (non-hydrogen) atoms. The van der Waals surface area contributed by atoms with Gasteiger partial charge >= 0.3 is 0 Å². The predicted molar refractivity (Wildman–Crippen MR) is 50.6 cm³/mol. The van der Waals surface area contributed by atoms with E-state index in [1.165, 1.54) is 32.1 Å². The Morgan fingerprint density at radius 1 is 1.18 bits per heavy atom. The van der Waals surface area contributed by atoms with Crippen LogP contribution in [0.15, 0.2) is 12.2 Å². The van der Waals surface area contributed by atoms with Crippen LogP contribution in [0.1, 0.15) is 46.0 Å². The molecule has 1 fully saturated rings. The number of rotatable bonds is 2. The molecule has 0 aromatic carbocycles. The summed E-state index contributed by atoms with van der Waals surface area (Å²) in [5, 5.41) is 0. The molecule has 0 spiro atoms. The molecule has 64 valence electrons. The zero-order valence-corrected chi connectivity index (χ0v) is 7.84. The molecule has 1 aliphatic rings. The number of hydrogen-bond acceptors (Lipinski definition) is 0.